The van der Waals surface area contributed by atoms with Gasteiger partial charge in [0.1, 0.15) is 5.60 Å². The SMILES string of the molecule is Clc1ccc(C[C@]23Cc4ccc(Cl)cc4C[C@H]2OC(c2ccccc2)(c2ccccc2)C3)cc1. The Morgan fingerprint density at radius 3 is 1.97 bits per heavy atom. The molecule has 3 heteroatoms. The van der Waals surface area contributed by atoms with Gasteiger partial charge in [-0.25, -0.2) is 0 Å². The van der Waals surface area contributed by atoms with Crippen molar-refractivity contribution in [2.24, 2.45) is 5.41 Å². The molecule has 0 bridgehead atoms. The summed E-state index contributed by atoms with van der Waals surface area (Å²) in [4.78, 5) is 0. The predicted octanol–water partition coefficient (Wildman–Crippen LogP) is 8.05. The summed E-state index contributed by atoms with van der Waals surface area (Å²) in [6, 6.07) is 36.1. The molecule has 1 heterocycles. The van der Waals surface area contributed by atoms with Gasteiger partial charge in [0, 0.05) is 15.5 Å². The summed E-state index contributed by atoms with van der Waals surface area (Å²) >= 11 is 12.6. The first-order valence-corrected chi connectivity index (χ1v) is 12.6. The van der Waals surface area contributed by atoms with Gasteiger partial charge < -0.3 is 4.74 Å². The monoisotopic (exact) mass is 484 g/mol. The molecule has 4 aromatic carbocycles. The Bertz CT molecular complexity index is 1260. The van der Waals surface area contributed by atoms with Gasteiger partial charge in [0.25, 0.3) is 0 Å². The van der Waals surface area contributed by atoms with Crippen LogP contribution in [0.3, 0.4) is 0 Å². The lowest BCUT2D eigenvalue weighted by Crippen LogP contribution is -2.40. The third-order valence-corrected chi connectivity index (χ3v) is 8.18. The Kier molecular flexibility index (Phi) is 5.53. The van der Waals surface area contributed by atoms with E-state index in [1.807, 2.05) is 18.2 Å². The van der Waals surface area contributed by atoms with E-state index >= 15 is 0 Å². The van der Waals surface area contributed by atoms with Gasteiger partial charge in [-0.1, -0.05) is 102 Å². The van der Waals surface area contributed by atoms with Crippen molar-refractivity contribution < 1.29 is 4.74 Å². The number of halogens is 2. The van der Waals surface area contributed by atoms with Crippen LogP contribution >= 0.6 is 23.2 Å². The van der Waals surface area contributed by atoms with Crippen molar-refractivity contribution in [3.8, 4) is 0 Å². The summed E-state index contributed by atoms with van der Waals surface area (Å²) in [7, 11) is 0. The summed E-state index contributed by atoms with van der Waals surface area (Å²) in [5.74, 6) is 0. The van der Waals surface area contributed by atoms with Gasteiger partial charge in [0.15, 0.2) is 0 Å². The normalized spacial score (nSPS) is 22.7. The highest BCUT2D eigenvalue weighted by Gasteiger charge is 2.58. The molecule has 0 spiro atoms. The van der Waals surface area contributed by atoms with E-state index in [1.54, 1.807) is 0 Å². The fraction of sp³-hybridized carbons (Fsp3) is 0.226. The molecule has 1 saturated heterocycles. The lowest BCUT2D eigenvalue weighted by molar-refractivity contribution is -0.0365. The van der Waals surface area contributed by atoms with E-state index < -0.39 is 5.60 Å². The van der Waals surface area contributed by atoms with E-state index in [4.69, 9.17) is 27.9 Å². The molecular formula is C31H26Cl2O. The van der Waals surface area contributed by atoms with Crippen molar-refractivity contribution in [2.45, 2.75) is 37.4 Å². The van der Waals surface area contributed by atoms with Crippen LogP contribution in [0.2, 0.25) is 10.0 Å². The van der Waals surface area contributed by atoms with Gasteiger partial charge in [-0.05, 0) is 77.8 Å². The molecule has 0 radical (unpaired) electrons. The van der Waals surface area contributed by atoms with Crippen molar-refractivity contribution in [3.63, 3.8) is 0 Å². The van der Waals surface area contributed by atoms with E-state index in [9.17, 15) is 0 Å². The molecule has 0 saturated carbocycles. The molecule has 1 aliphatic carbocycles. The average Bonchev–Trinajstić information content (AvgIpc) is 3.20. The zero-order valence-electron chi connectivity index (χ0n) is 18.9. The standard InChI is InChI=1S/C31H26Cl2O/c32-27-14-11-22(12-15-27)19-30-20-23-13-16-28(33)17-24(23)18-29(30)34-31(21-30,25-7-3-1-4-8-25)26-9-5-2-6-10-26/h1-17,29H,18-21H2/t29-,30-/m1/s1. The van der Waals surface area contributed by atoms with E-state index in [1.165, 1.54) is 27.8 Å². The van der Waals surface area contributed by atoms with Crippen molar-refractivity contribution >= 4 is 23.2 Å². The second-order valence-electron chi connectivity index (χ2n) is 9.80. The lowest BCUT2D eigenvalue weighted by atomic mass is 9.63. The molecule has 34 heavy (non-hydrogen) atoms. The maximum atomic E-state index is 7.25. The summed E-state index contributed by atoms with van der Waals surface area (Å²) < 4.78 is 7.25. The second-order valence-corrected chi connectivity index (χ2v) is 10.7. The Morgan fingerprint density at radius 1 is 0.706 bits per heavy atom. The number of ether oxygens (including phenoxy) is 1. The molecule has 1 aliphatic heterocycles. The molecule has 4 aromatic rings. The number of benzene rings is 4. The predicted molar refractivity (Wildman–Crippen MR) is 140 cm³/mol. The van der Waals surface area contributed by atoms with Gasteiger partial charge in [-0.2, -0.15) is 0 Å². The first-order valence-electron chi connectivity index (χ1n) is 11.9. The third-order valence-electron chi connectivity index (χ3n) is 7.69. The lowest BCUT2D eigenvalue weighted by Gasteiger charge is -2.39. The molecule has 170 valence electrons. The van der Waals surface area contributed by atoms with Gasteiger partial charge in [0.2, 0.25) is 0 Å². The van der Waals surface area contributed by atoms with Crippen LogP contribution in [-0.4, -0.2) is 6.10 Å². The van der Waals surface area contributed by atoms with Crippen LogP contribution in [0.15, 0.2) is 103 Å². The summed E-state index contributed by atoms with van der Waals surface area (Å²) in [6.45, 7) is 0. The Labute approximate surface area is 211 Å². The van der Waals surface area contributed by atoms with Crippen LogP contribution < -0.4 is 0 Å². The maximum Gasteiger partial charge on any atom is 0.119 e. The molecule has 2 aliphatic rings. The molecular weight excluding hydrogens is 459 g/mol. The topological polar surface area (TPSA) is 9.23 Å². The van der Waals surface area contributed by atoms with Crippen LogP contribution in [0.25, 0.3) is 0 Å². The van der Waals surface area contributed by atoms with Crippen LogP contribution in [0.4, 0.5) is 0 Å². The first kappa shape index (κ1) is 21.9. The highest BCUT2D eigenvalue weighted by molar-refractivity contribution is 6.30. The number of hydrogen-bond donors (Lipinski definition) is 0. The minimum Gasteiger partial charge on any atom is -0.361 e. The fourth-order valence-corrected chi connectivity index (χ4v) is 6.48. The van der Waals surface area contributed by atoms with Gasteiger partial charge in [-0.15, -0.1) is 0 Å². The van der Waals surface area contributed by atoms with Crippen molar-refractivity contribution in [1.82, 2.24) is 0 Å². The molecule has 1 nitrogen and oxygen atoms in total. The number of hydrogen-bond acceptors (Lipinski definition) is 1. The van der Waals surface area contributed by atoms with E-state index in [2.05, 4.69) is 84.9 Å². The third kappa shape index (κ3) is 3.77. The van der Waals surface area contributed by atoms with Gasteiger partial charge >= 0.3 is 0 Å². The largest absolute Gasteiger partial charge is 0.361 e. The Morgan fingerprint density at radius 2 is 1.32 bits per heavy atom. The minimum absolute atomic E-state index is 0.0413. The van der Waals surface area contributed by atoms with Gasteiger partial charge in [-0.3, -0.25) is 0 Å². The first-order chi connectivity index (χ1) is 16.6. The summed E-state index contributed by atoms with van der Waals surface area (Å²) in [5, 5.41) is 1.56. The molecule has 6 rings (SSSR count). The number of rotatable bonds is 4. The van der Waals surface area contributed by atoms with Crippen LogP contribution in [0, 0.1) is 5.41 Å². The molecule has 0 N–H and O–H groups in total. The average molecular weight is 485 g/mol. The van der Waals surface area contributed by atoms with Crippen LogP contribution in [-0.2, 0) is 29.6 Å². The summed E-state index contributed by atoms with van der Waals surface area (Å²) in [6.07, 6.45) is 3.77. The van der Waals surface area contributed by atoms with Crippen molar-refractivity contribution in [1.29, 1.82) is 0 Å². The highest BCUT2D eigenvalue weighted by atomic mass is 35.5. The van der Waals surface area contributed by atoms with E-state index in [0.29, 0.717) is 0 Å². The van der Waals surface area contributed by atoms with Crippen molar-refractivity contribution in [2.75, 3.05) is 0 Å². The quantitative estimate of drug-likeness (QED) is 0.284. The second kappa shape index (κ2) is 8.57. The smallest absolute Gasteiger partial charge is 0.119 e. The molecule has 0 amide bonds. The molecule has 1 fully saturated rings. The molecule has 0 unspecified atom stereocenters. The maximum absolute atomic E-state index is 7.25. The van der Waals surface area contributed by atoms with Crippen LogP contribution in [0.1, 0.15) is 34.2 Å². The van der Waals surface area contributed by atoms with E-state index in [0.717, 1.165) is 35.7 Å². The number of fused-ring (bicyclic) bond motifs is 2. The Balaban J connectivity index is 1.51. The highest BCUT2D eigenvalue weighted by Crippen LogP contribution is 2.58. The summed E-state index contributed by atoms with van der Waals surface area (Å²) in [5.41, 5.74) is 5.89. The van der Waals surface area contributed by atoms with E-state index in [-0.39, 0.29) is 11.5 Å². The van der Waals surface area contributed by atoms with Gasteiger partial charge in [0.05, 0.1) is 6.10 Å². The van der Waals surface area contributed by atoms with Crippen molar-refractivity contribution in [3.05, 3.63) is 141 Å². The Hall–Kier alpha value is -2.58. The fourth-order valence-electron chi connectivity index (χ4n) is 6.16. The minimum atomic E-state index is -0.495. The molecule has 2 atom stereocenters. The van der Waals surface area contributed by atoms with Crippen LogP contribution in [0.5, 0.6) is 0 Å². The molecule has 0 aromatic heterocycles. The zero-order valence-corrected chi connectivity index (χ0v) is 20.4. The zero-order chi connectivity index (χ0) is 23.2.